The van der Waals surface area contributed by atoms with Crippen LogP contribution in [0.4, 0.5) is 5.13 Å². The minimum Gasteiger partial charge on any atom is -0.375 e. The van der Waals surface area contributed by atoms with Gasteiger partial charge in [-0.2, -0.15) is 5.10 Å². The van der Waals surface area contributed by atoms with Crippen LogP contribution in [0.2, 0.25) is 0 Å². The van der Waals surface area contributed by atoms with Crippen molar-refractivity contribution in [3.05, 3.63) is 95.3 Å². The first-order valence-electron chi connectivity index (χ1n) is 10.3. The number of nitrogens with zero attached hydrogens (tertiary/aromatic N) is 4. The molecule has 0 amide bonds. The predicted octanol–water partition coefficient (Wildman–Crippen LogP) is 4.49. The fourth-order valence-corrected chi connectivity index (χ4v) is 5.19. The van der Waals surface area contributed by atoms with Gasteiger partial charge in [0.05, 0.1) is 11.4 Å². The molecule has 3 heterocycles. The van der Waals surface area contributed by atoms with Gasteiger partial charge in [0, 0.05) is 29.7 Å². The molecule has 0 unspecified atom stereocenters. The Labute approximate surface area is 180 Å². The Morgan fingerprint density at radius 1 is 1.00 bits per heavy atom. The Morgan fingerprint density at radius 3 is 2.53 bits per heavy atom. The van der Waals surface area contributed by atoms with Gasteiger partial charge in [-0.3, -0.25) is 4.90 Å². The molecular formula is C24H25N5S. The second kappa shape index (κ2) is 8.05. The van der Waals surface area contributed by atoms with Crippen molar-refractivity contribution in [3.8, 4) is 5.69 Å². The van der Waals surface area contributed by atoms with Crippen molar-refractivity contribution in [2.24, 2.45) is 0 Å². The Balaban J connectivity index is 1.35. The van der Waals surface area contributed by atoms with E-state index in [0.29, 0.717) is 5.13 Å². The first-order chi connectivity index (χ1) is 14.7. The van der Waals surface area contributed by atoms with E-state index in [1.807, 2.05) is 23.1 Å². The molecule has 1 aliphatic heterocycles. The number of nitrogen functional groups attached to an aromatic ring is 1. The van der Waals surface area contributed by atoms with E-state index < -0.39 is 0 Å². The highest BCUT2D eigenvalue weighted by Gasteiger charge is 2.39. The fraction of sp³-hybridized carbons (Fsp3) is 0.250. The second-order valence-corrected chi connectivity index (χ2v) is 8.81. The SMILES string of the molecule is Nc1nc(C2(c3ccccc3)CCN(Cc3cccc(-n4cccn4)c3)CC2)cs1. The van der Waals surface area contributed by atoms with Crippen molar-refractivity contribution >= 4 is 16.5 Å². The van der Waals surface area contributed by atoms with Crippen LogP contribution in [0.25, 0.3) is 5.69 Å². The molecule has 6 heteroatoms. The highest BCUT2D eigenvalue weighted by Crippen LogP contribution is 2.42. The standard InChI is InChI=1S/C24H25N5S/c25-23-27-22(18-30-23)24(20-7-2-1-3-8-20)10-14-28(15-11-24)17-19-6-4-9-21(16-19)29-13-5-12-26-29/h1-9,12-13,16,18H,10-11,14-15,17H2,(H2,25,27). The molecule has 0 atom stereocenters. The normalized spacial score (nSPS) is 16.5. The van der Waals surface area contributed by atoms with Crippen molar-refractivity contribution in [2.45, 2.75) is 24.8 Å². The topological polar surface area (TPSA) is 60.0 Å². The summed E-state index contributed by atoms with van der Waals surface area (Å²) >= 11 is 1.54. The largest absolute Gasteiger partial charge is 0.375 e. The Hall–Kier alpha value is -2.96. The van der Waals surface area contributed by atoms with Crippen LogP contribution in [0.3, 0.4) is 0 Å². The van der Waals surface area contributed by atoms with Crippen molar-refractivity contribution in [1.82, 2.24) is 19.7 Å². The van der Waals surface area contributed by atoms with Crippen LogP contribution in [0, 0.1) is 0 Å². The molecule has 5 rings (SSSR count). The maximum Gasteiger partial charge on any atom is 0.180 e. The van der Waals surface area contributed by atoms with E-state index in [1.54, 1.807) is 0 Å². The molecule has 4 aromatic rings. The maximum atomic E-state index is 6.00. The van der Waals surface area contributed by atoms with Crippen molar-refractivity contribution in [2.75, 3.05) is 18.8 Å². The number of nitrogens with two attached hydrogens (primary N) is 1. The van der Waals surface area contributed by atoms with Crippen LogP contribution in [0.5, 0.6) is 0 Å². The molecule has 1 aliphatic rings. The van der Waals surface area contributed by atoms with Crippen molar-refractivity contribution in [1.29, 1.82) is 0 Å². The zero-order valence-corrected chi connectivity index (χ0v) is 17.6. The number of hydrogen-bond donors (Lipinski definition) is 1. The average molecular weight is 416 g/mol. The van der Waals surface area contributed by atoms with Gasteiger partial charge >= 0.3 is 0 Å². The minimum absolute atomic E-state index is 0.0528. The van der Waals surface area contributed by atoms with Crippen LogP contribution in [-0.4, -0.2) is 32.8 Å². The minimum atomic E-state index is -0.0528. The summed E-state index contributed by atoms with van der Waals surface area (Å²) in [6, 6.07) is 21.4. The molecule has 2 aromatic carbocycles. The third-order valence-corrected chi connectivity index (χ3v) is 6.81. The molecule has 2 N–H and O–H groups in total. The molecular weight excluding hydrogens is 390 g/mol. The van der Waals surface area contributed by atoms with Crippen LogP contribution in [0.1, 0.15) is 29.7 Å². The van der Waals surface area contributed by atoms with E-state index in [9.17, 15) is 0 Å². The zero-order valence-electron chi connectivity index (χ0n) is 16.8. The fourth-order valence-electron chi connectivity index (χ4n) is 4.53. The van der Waals surface area contributed by atoms with Gasteiger partial charge in [-0.15, -0.1) is 11.3 Å². The van der Waals surface area contributed by atoms with Crippen molar-refractivity contribution in [3.63, 3.8) is 0 Å². The summed E-state index contributed by atoms with van der Waals surface area (Å²) in [7, 11) is 0. The number of aromatic nitrogens is 3. The number of thiazole rings is 1. The third-order valence-electron chi connectivity index (χ3n) is 6.13. The van der Waals surface area contributed by atoms with E-state index in [0.717, 1.165) is 43.9 Å². The monoisotopic (exact) mass is 415 g/mol. The smallest absolute Gasteiger partial charge is 0.180 e. The quantitative estimate of drug-likeness (QED) is 0.522. The Morgan fingerprint density at radius 2 is 1.83 bits per heavy atom. The number of rotatable bonds is 5. The molecule has 30 heavy (non-hydrogen) atoms. The Bertz CT molecular complexity index is 1100. The van der Waals surface area contributed by atoms with Gasteiger partial charge in [0.2, 0.25) is 0 Å². The van der Waals surface area contributed by atoms with Gasteiger partial charge in [-0.05, 0) is 55.3 Å². The lowest BCUT2D eigenvalue weighted by molar-refractivity contribution is 0.170. The molecule has 5 nitrogen and oxygen atoms in total. The maximum absolute atomic E-state index is 6.00. The number of anilines is 1. The summed E-state index contributed by atoms with van der Waals surface area (Å²) < 4.78 is 1.91. The van der Waals surface area contributed by atoms with Gasteiger partial charge in [0.25, 0.3) is 0 Å². The third kappa shape index (κ3) is 3.64. The van der Waals surface area contributed by atoms with Crippen LogP contribution in [-0.2, 0) is 12.0 Å². The lowest BCUT2D eigenvalue weighted by atomic mass is 9.70. The zero-order chi connectivity index (χ0) is 20.4. The van der Waals surface area contributed by atoms with Crippen LogP contribution < -0.4 is 5.73 Å². The summed E-state index contributed by atoms with van der Waals surface area (Å²) in [4.78, 5) is 7.24. The van der Waals surface area contributed by atoms with Gasteiger partial charge in [0.1, 0.15) is 0 Å². The molecule has 152 valence electrons. The summed E-state index contributed by atoms with van der Waals surface area (Å²) in [5.41, 5.74) is 10.8. The number of piperidine rings is 1. The van der Waals surface area contributed by atoms with Gasteiger partial charge < -0.3 is 5.73 Å². The van der Waals surface area contributed by atoms with Crippen LogP contribution >= 0.6 is 11.3 Å². The summed E-state index contributed by atoms with van der Waals surface area (Å²) in [6.45, 7) is 3.00. The Kier molecular flexibility index (Phi) is 5.11. The summed E-state index contributed by atoms with van der Waals surface area (Å²) in [5.74, 6) is 0. The average Bonchev–Trinajstić information content (AvgIpc) is 3.48. The van der Waals surface area contributed by atoms with E-state index in [4.69, 9.17) is 10.7 Å². The molecule has 1 saturated heterocycles. The van der Waals surface area contributed by atoms with Crippen LogP contribution in [0.15, 0.2) is 78.4 Å². The second-order valence-electron chi connectivity index (χ2n) is 7.92. The number of likely N-dealkylation sites (tertiary alicyclic amines) is 1. The molecule has 0 spiro atoms. The lowest BCUT2D eigenvalue weighted by Crippen LogP contribution is -2.43. The van der Waals surface area contributed by atoms with Gasteiger partial charge in [0.15, 0.2) is 5.13 Å². The highest BCUT2D eigenvalue weighted by atomic mass is 32.1. The van der Waals surface area contributed by atoms with Crippen molar-refractivity contribution < 1.29 is 0 Å². The van der Waals surface area contributed by atoms with Gasteiger partial charge in [-0.1, -0.05) is 42.5 Å². The van der Waals surface area contributed by atoms with E-state index in [-0.39, 0.29) is 5.41 Å². The molecule has 2 aromatic heterocycles. The molecule has 0 aliphatic carbocycles. The first kappa shape index (κ1) is 19.0. The molecule has 0 bridgehead atoms. The van der Waals surface area contributed by atoms with Gasteiger partial charge in [-0.25, -0.2) is 9.67 Å². The summed E-state index contributed by atoms with van der Waals surface area (Å²) in [6.07, 6.45) is 5.87. The van der Waals surface area contributed by atoms with E-state index >= 15 is 0 Å². The number of hydrogen-bond acceptors (Lipinski definition) is 5. The molecule has 1 fully saturated rings. The number of benzene rings is 2. The first-order valence-corrected chi connectivity index (χ1v) is 11.2. The summed E-state index contributed by atoms with van der Waals surface area (Å²) in [5, 5.41) is 7.14. The lowest BCUT2D eigenvalue weighted by Gasteiger charge is -2.41. The molecule has 0 radical (unpaired) electrons. The van der Waals surface area contributed by atoms with E-state index in [1.165, 1.54) is 22.5 Å². The van der Waals surface area contributed by atoms with E-state index in [2.05, 4.69) is 70.0 Å². The highest BCUT2D eigenvalue weighted by molar-refractivity contribution is 7.13. The molecule has 0 saturated carbocycles. The predicted molar refractivity (Wildman–Crippen MR) is 122 cm³/mol.